The quantitative estimate of drug-likeness (QED) is 0.599. The molecule has 0 saturated carbocycles. The van der Waals surface area contributed by atoms with Gasteiger partial charge in [-0.25, -0.2) is 0 Å². The molecule has 1 spiro atoms. The van der Waals surface area contributed by atoms with Crippen LogP contribution in [0.4, 0.5) is 0 Å². The maximum atomic E-state index is 11.8. The van der Waals surface area contributed by atoms with Crippen molar-refractivity contribution in [3.63, 3.8) is 0 Å². The monoisotopic (exact) mass is 203 g/mol. The van der Waals surface area contributed by atoms with Crippen LogP contribution in [0, 0.1) is 0 Å². The van der Waals surface area contributed by atoms with Crippen LogP contribution in [0.5, 0.6) is 0 Å². The third kappa shape index (κ3) is 0.895. The highest BCUT2D eigenvalue weighted by molar-refractivity contribution is 6.07. The van der Waals surface area contributed by atoms with E-state index in [0.29, 0.717) is 24.1 Å². The molecule has 2 aliphatic heterocycles. The second kappa shape index (κ2) is 2.56. The molecule has 1 fully saturated rings. The fourth-order valence-electron chi connectivity index (χ4n) is 2.27. The van der Waals surface area contributed by atoms with E-state index in [-0.39, 0.29) is 11.8 Å². The van der Waals surface area contributed by atoms with Crippen LogP contribution < -0.4 is 10.6 Å². The summed E-state index contributed by atoms with van der Waals surface area (Å²) in [4.78, 5) is 27.4. The fraction of sp³-hybridized carbons (Fsp3) is 0.300. The Morgan fingerprint density at radius 2 is 2.27 bits per heavy atom. The average molecular weight is 203 g/mol. The highest BCUT2D eigenvalue weighted by atomic mass is 16.2. The summed E-state index contributed by atoms with van der Waals surface area (Å²) in [6, 6.07) is 1.64. The lowest BCUT2D eigenvalue weighted by atomic mass is 9.90. The van der Waals surface area contributed by atoms with Gasteiger partial charge in [-0.1, -0.05) is 0 Å². The van der Waals surface area contributed by atoms with Gasteiger partial charge in [0, 0.05) is 36.5 Å². The van der Waals surface area contributed by atoms with Crippen molar-refractivity contribution in [3.8, 4) is 0 Å². The lowest BCUT2D eigenvalue weighted by Gasteiger charge is -2.20. The minimum atomic E-state index is -0.860. The smallest absolute Gasteiger partial charge is 0.252 e. The summed E-state index contributed by atoms with van der Waals surface area (Å²) in [7, 11) is 0. The first-order valence-corrected chi connectivity index (χ1v) is 4.79. The largest absolute Gasteiger partial charge is 0.354 e. The number of aromatic nitrogens is 1. The van der Waals surface area contributed by atoms with Crippen molar-refractivity contribution in [2.45, 2.75) is 12.0 Å². The van der Waals surface area contributed by atoms with Gasteiger partial charge in [-0.3, -0.25) is 14.6 Å². The summed E-state index contributed by atoms with van der Waals surface area (Å²) < 4.78 is 0. The van der Waals surface area contributed by atoms with Crippen LogP contribution in [0.25, 0.3) is 0 Å². The van der Waals surface area contributed by atoms with Gasteiger partial charge in [-0.15, -0.1) is 0 Å². The summed E-state index contributed by atoms with van der Waals surface area (Å²) in [5.41, 5.74) is 0.396. The molecular formula is C10H9N3O2. The summed E-state index contributed by atoms with van der Waals surface area (Å²) in [5, 5.41) is 5.49. The van der Waals surface area contributed by atoms with Gasteiger partial charge >= 0.3 is 0 Å². The summed E-state index contributed by atoms with van der Waals surface area (Å²) in [6.07, 6.45) is 3.75. The number of carbonyl (C=O) groups excluding carboxylic acids is 2. The molecule has 2 amide bonds. The fourth-order valence-corrected chi connectivity index (χ4v) is 2.27. The normalized spacial score (nSPS) is 27.7. The van der Waals surface area contributed by atoms with E-state index in [4.69, 9.17) is 0 Å². The van der Waals surface area contributed by atoms with Gasteiger partial charge in [0.1, 0.15) is 5.54 Å². The Bertz CT molecular complexity index is 471. The number of rotatable bonds is 0. The number of nitrogens with one attached hydrogen (secondary N) is 2. The maximum Gasteiger partial charge on any atom is 0.252 e. The van der Waals surface area contributed by atoms with Crippen molar-refractivity contribution >= 4 is 11.8 Å². The van der Waals surface area contributed by atoms with Gasteiger partial charge in [-0.05, 0) is 6.07 Å². The minimum absolute atomic E-state index is 0.136. The van der Waals surface area contributed by atoms with Crippen molar-refractivity contribution in [2.75, 3.05) is 6.54 Å². The van der Waals surface area contributed by atoms with Crippen LogP contribution in [-0.4, -0.2) is 23.3 Å². The van der Waals surface area contributed by atoms with E-state index in [1.54, 1.807) is 18.5 Å². The first-order chi connectivity index (χ1) is 7.24. The second-order valence-corrected chi connectivity index (χ2v) is 3.79. The molecule has 1 saturated heterocycles. The molecule has 3 rings (SSSR count). The van der Waals surface area contributed by atoms with Crippen LogP contribution in [0.3, 0.4) is 0 Å². The molecule has 76 valence electrons. The molecule has 1 aromatic rings. The van der Waals surface area contributed by atoms with Gasteiger partial charge in [0.2, 0.25) is 0 Å². The first-order valence-electron chi connectivity index (χ1n) is 4.79. The van der Waals surface area contributed by atoms with Crippen LogP contribution in [0.1, 0.15) is 22.3 Å². The Hall–Kier alpha value is -1.91. The molecule has 3 heterocycles. The Balaban J connectivity index is 2.23. The third-order valence-electron chi connectivity index (χ3n) is 3.03. The van der Waals surface area contributed by atoms with Crippen molar-refractivity contribution in [2.24, 2.45) is 0 Å². The Kier molecular flexibility index (Phi) is 1.44. The van der Waals surface area contributed by atoms with Gasteiger partial charge in [-0.2, -0.15) is 0 Å². The average Bonchev–Trinajstić information content (AvgIpc) is 2.74. The van der Waals surface area contributed by atoms with Crippen molar-refractivity contribution in [1.29, 1.82) is 0 Å². The Labute approximate surface area is 85.9 Å². The summed E-state index contributed by atoms with van der Waals surface area (Å²) >= 11 is 0. The van der Waals surface area contributed by atoms with Crippen LogP contribution in [0.15, 0.2) is 18.5 Å². The van der Waals surface area contributed by atoms with E-state index in [1.807, 2.05) is 0 Å². The van der Waals surface area contributed by atoms with Gasteiger partial charge in [0.15, 0.2) is 0 Å². The Morgan fingerprint density at radius 1 is 1.40 bits per heavy atom. The molecule has 0 aliphatic carbocycles. The SMILES string of the molecule is O=C1NC2(CCNC2=O)c2cnccc21. The minimum Gasteiger partial charge on any atom is -0.354 e. The number of hydrogen-bond acceptors (Lipinski definition) is 3. The predicted octanol–water partition coefficient (Wildman–Crippen LogP) is -0.460. The number of nitrogens with zero attached hydrogens (tertiary/aromatic N) is 1. The number of fused-ring (bicyclic) bond motifs is 2. The number of pyridine rings is 1. The third-order valence-corrected chi connectivity index (χ3v) is 3.03. The molecule has 0 radical (unpaired) electrons. The van der Waals surface area contributed by atoms with E-state index in [9.17, 15) is 9.59 Å². The van der Waals surface area contributed by atoms with Crippen LogP contribution in [0.2, 0.25) is 0 Å². The van der Waals surface area contributed by atoms with Crippen LogP contribution >= 0.6 is 0 Å². The lowest BCUT2D eigenvalue weighted by molar-refractivity contribution is -0.124. The van der Waals surface area contributed by atoms with E-state index in [0.717, 1.165) is 0 Å². The van der Waals surface area contributed by atoms with E-state index < -0.39 is 5.54 Å². The van der Waals surface area contributed by atoms with Crippen molar-refractivity contribution in [3.05, 3.63) is 29.6 Å². The Morgan fingerprint density at radius 3 is 3.00 bits per heavy atom. The predicted molar refractivity (Wildman–Crippen MR) is 51.0 cm³/mol. The molecule has 2 aliphatic rings. The molecule has 1 atom stereocenters. The zero-order chi connectivity index (χ0) is 10.5. The van der Waals surface area contributed by atoms with Crippen molar-refractivity contribution in [1.82, 2.24) is 15.6 Å². The molecule has 1 unspecified atom stereocenters. The van der Waals surface area contributed by atoms with E-state index in [2.05, 4.69) is 15.6 Å². The zero-order valence-corrected chi connectivity index (χ0v) is 7.91. The standard InChI is InChI=1S/C10H9N3O2/c14-8-6-1-3-11-5-7(6)10(13-8)2-4-12-9(10)15/h1,3,5H,2,4H2,(H,12,15)(H,13,14). The summed E-state index contributed by atoms with van der Waals surface area (Å²) in [5.74, 6) is -0.327. The maximum absolute atomic E-state index is 11.8. The molecule has 2 N–H and O–H groups in total. The topological polar surface area (TPSA) is 71.1 Å². The zero-order valence-electron chi connectivity index (χ0n) is 7.91. The number of amides is 2. The molecule has 1 aromatic heterocycles. The molecule has 5 nitrogen and oxygen atoms in total. The molecular weight excluding hydrogens is 194 g/mol. The second-order valence-electron chi connectivity index (χ2n) is 3.79. The lowest BCUT2D eigenvalue weighted by Crippen LogP contribution is -2.45. The van der Waals surface area contributed by atoms with Gasteiger partial charge < -0.3 is 10.6 Å². The van der Waals surface area contributed by atoms with Gasteiger partial charge in [0.25, 0.3) is 11.8 Å². The van der Waals surface area contributed by atoms with E-state index >= 15 is 0 Å². The molecule has 0 aromatic carbocycles. The number of carbonyl (C=O) groups is 2. The number of hydrogen-bond donors (Lipinski definition) is 2. The summed E-state index contributed by atoms with van der Waals surface area (Å²) in [6.45, 7) is 0.591. The molecule has 0 bridgehead atoms. The van der Waals surface area contributed by atoms with E-state index in [1.165, 1.54) is 0 Å². The highest BCUT2D eigenvalue weighted by Gasteiger charge is 2.51. The van der Waals surface area contributed by atoms with Crippen molar-refractivity contribution < 1.29 is 9.59 Å². The van der Waals surface area contributed by atoms with Crippen LogP contribution in [-0.2, 0) is 10.3 Å². The van der Waals surface area contributed by atoms with Gasteiger partial charge in [0.05, 0.1) is 0 Å². The molecule has 5 heteroatoms. The molecule has 15 heavy (non-hydrogen) atoms. The first kappa shape index (κ1) is 8.40. The highest BCUT2D eigenvalue weighted by Crippen LogP contribution is 2.35.